The summed E-state index contributed by atoms with van der Waals surface area (Å²) in [7, 11) is 3.34. The van der Waals surface area contributed by atoms with Crippen LogP contribution in [0, 0.1) is 6.92 Å². The molecule has 80 valence electrons. The van der Waals surface area contributed by atoms with Gasteiger partial charge in [0.05, 0.1) is 30.5 Å². The molecule has 3 N–H and O–H groups in total. The van der Waals surface area contributed by atoms with E-state index < -0.39 is 5.54 Å². The third-order valence-corrected chi connectivity index (χ3v) is 2.26. The van der Waals surface area contributed by atoms with Crippen LogP contribution in [0.1, 0.15) is 18.2 Å². The van der Waals surface area contributed by atoms with Crippen molar-refractivity contribution < 1.29 is 9.84 Å². The fourth-order valence-corrected chi connectivity index (χ4v) is 1.61. The van der Waals surface area contributed by atoms with E-state index in [-0.39, 0.29) is 6.61 Å². The summed E-state index contributed by atoms with van der Waals surface area (Å²) in [6.07, 6.45) is 0. The van der Waals surface area contributed by atoms with Gasteiger partial charge >= 0.3 is 0 Å². The fraction of sp³-hybridized carbons (Fsp3) is 0.667. The number of aryl methyl sites for hydroxylation is 2. The van der Waals surface area contributed by atoms with Gasteiger partial charge in [0, 0.05) is 7.05 Å². The van der Waals surface area contributed by atoms with Crippen LogP contribution in [0.5, 0.6) is 5.88 Å². The number of ether oxygens (including phenoxy) is 1. The van der Waals surface area contributed by atoms with Crippen molar-refractivity contribution in [3.63, 3.8) is 0 Å². The zero-order chi connectivity index (χ0) is 10.9. The molecule has 5 nitrogen and oxygen atoms in total. The van der Waals surface area contributed by atoms with Gasteiger partial charge in [-0.2, -0.15) is 5.10 Å². The molecule has 1 heterocycles. The van der Waals surface area contributed by atoms with E-state index in [1.807, 2.05) is 6.92 Å². The van der Waals surface area contributed by atoms with E-state index in [0.29, 0.717) is 5.88 Å². The van der Waals surface area contributed by atoms with E-state index in [1.165, 1.54) is 0 Å². The predicted octanol–water partition coefficient (Wildman–Crippen LogP) is -0.0967. The number of aliphatic hydroxyl groups excluding tert-OH is 1. The van der Waals surface area contributed by atoms with Crippen molar-refractivity contribution >= 4 is 0 Å². The van der Waals surface area contributed by atoms with Gasteiger partial charge in [-0.25, -0.2) is 4.68 Å². The van der Waals surface area contributed by atoms with E-state index in [1.54, 1.807) is 25.8 Å². The summed E-state index contributed by atoms with van der Waals surface area (Å²) in [4.78, 5) is 0. The summed E-state index contributed by atoms with van der Waals surface area (Å²) < 4.78 is 6.81. The molecule has 0 saturated carbocycles. The monoisotopic (exact) mass is 199 g/mol. The first-order valence-electron chi connectivity index (χ1n) is 4.42. The first-order chi connectivity index (χ1) is 6.44. The zero-order valence-corrected chi connectivity index (χ0v) is 9.03. The molecule has 14 heavy (non-hydrogen) atoms. The van der Waals surface area contributed by atoms with Crippen molar-refractivity contribution in [3.8, 4) is 5.88 Å². The molecule has 0 spiro atoms. The van der Waals surface area contributed by atoms with Gasteiger partial charge in [-0.05, 0) is 13.8 Å². The van der Waals surface area contributed by atoms with Crippen molar-refractivity contribution in [1.82, 2.24) is 9.78 Å². The highest BCUT2D eigenvalue weighted by Gasteiger charge is 2.29. The molecule has 1 aromatic heterocycles. The maximum Gasteiger partial charge on any atom is 0.216 e. The van der Waals surface area contributed by atoms with Crippen LogP contribution in [0.2, 0.25) is 0 Å². The smallest absolute Gasteiger partial charge is 0.216 e. The second kappa shape index (κ2) is 3.59. The van der Waals surface area contributed by atoms with Crippen molar-refractivity contribution in [2.75, 3.05) is 13.7 Å². The summed E-state index contributed by atoms with van der Waals surface area (Å²) in [5.41, 5.74) is 6.66. The van der Waals surface area contributed by atoms with Crippen LogP contribution >= 0.6 is 0 Å². The number of hydrogen-bond acceptors (Lipinski definition) is 4. The third-order valence-electron chi connectivity index (χ3n) is 2.26. The Labute approximate surface area is 83.5 Å². The van der Waals surface area contributed by atoms with E-state index in [4.69, 9.17) is 10.5 Å². The Kier molecular flexibility index (Phi) is 2.82. The Balaban J connectivity index is 3.32. The van der Waals surface area contributed by atoms with Gasteiger partial charge < -0.3 is 15.6 Å². The zero-order valence-electron chi connectivity index (χ0n) is 9.03. The van der Waals surface area contributed by atoms with E-state index in [9.17, 15) is 5.11 Å². The van der Waals surface area contributed by atoms with Gasteiger partial charge in [0.15, 0.2) is 0 Å². The molecule has 0 saturated heterocycles. The Morgan fingerprint density at radius 3 is 2.64 bits per heavy atom. The summed E-state index contributed by atoms with van der Waals surface area (Å²) in [5.74, 6) is 0.599. The summed E-state index contributed by atoms with van der Waals surface area (Å²) in [6, 6.07) is 0. The molecular formula is C9H17N3O2. The first kappa shape index (κ1) is 11.0. The van der Waals surface area contributed by atoms with Crippen LogP contribution < -0.4 is 10.5 Å². The number of nitrogens with zero attached hydrogens (tertiary/aromatic N) is 2. The van der Waals surface area contributed by atoms with Gasteiger partial charge in [0.2, 0.25) is 5.88 Å². The van der Waals surface area contributed by atoms with Crippen molar-refractivity contribution in [3.05, 3.63) is 11.3 Å². The Hall–Kier alpha value is -1.07. The van der Waals surface area contributed by atoms with E-state index >= 15 is 0 Å². The Bertz CT molecular complexity index is 331. The minimum atomic E-state index is -0.816. The molecule has 0 fully saturated rings. The molecule has 1 atom stereocenters. The largest absolute Gasteiger partial charge is 0.481 e. The lowest BCUT2D eigenvalue weighted by atomic mass is 9.94. The number of aliphatic hydroxyl groups is 1. The van der Waals surface area contributed by atoms with Crippen LogP contribution in [-0.2, 0) is 12.6 Å². The number of nitrogens with two attached hydrogens (primary N) is 1. The minimum absolute atomic E-state index is 0.143. The van der Waals surface area contributed by atoms with Crippen LogP contribution in [0.25, 0.3) is 0 Å². The molecule has 0 amide bonds. The maximum absolute atomic E-state index is 9.18. The standard InChI is InChI=1S/C9H17N3O2/c1-6-7(9(2,10)5-13)8(14-4)12(3)11-6/h13H,5,10H2,1-4H3. The molecule has 1 unspecified atom stereocenters. The number of methoxy groups -OCH3 is 1. The second-order valence-electron chi connectivity index (χ2n) is 3.67. The molecule has 1 aromatic rings. The Morgan fingerprint density at radius 2 is 2.21 bits per heavy atom. The van der Waals surface area contributed by atoms with Crippen molar-refractivity contribution in [1.29, 1.82) is 0 Å². The van der Waals surface area contributed by atoms with Crippen LogP contribution in [-0.4, -0.2) is 28.6 Å². The van der Waals surface area contributed by atoms with Gasteiger partial charge in [0.1, 0.15) is 0 Å². The normalized spacial score (nSPS) is 15.3. The average molecular weight is 199 g/mol. The van der Waals surface area contributed by atoms with Crippen molar-refractivity contribution in [2.24, 2.45) is 12.8 Å². The lowest BCUT2D eigenvalue weighted by molar-refractivity contribution is 0.205. The van der Waals surface area contributed by atoms with Gasteiger partial charge in [-0.3, -0.25) is 0 Å². The molecule has 0 aromatic carbocycles. The van der Waals surface area contributed by atoms with Crippen LogP contribution in [0.15, 0.2) is 0 Å². The SMILES string of the molecule is COc1c(C(C)(N)CO)c(C)nn1C. The molecule has 0 aliphatic heterocycles. The molecule has 1 rings (SSSR count). The van der Waals surface area contributed by atoms with Crippen LogP contribution in [0.4, 0.5) is 0 Å². The topological polar surface area (TPSA) is 73.3 Å². The van der Waals surface area contributed by atoms with Gasteiger partial charge in [-0.15, -0.1) is 0 Å². The summed E-state index contributed by atoms with van der Waals surface area (Å²) >= 11 is 0. The summed E-state index contributed by atoms with van der Waals surface area (Å²) in [5, 5.41) is 13.4. The Morgan fingerprint density at radius 1 is 1.64 bits per heavy atom. The third kappa shape index (κ3) is 1.60. The van der Waals surface area contributed by atoms with E-state index in [2.05, 4.69) is 5.10 Å². The maximum atomic E-state index is 9.18. The predicted molar refractivity (Wildman–Crippen MR) is 53.1 cm³/mol. The number of rotatable bonds is 3. The number of hydrogen-bond donors (Lipinski definition) is 2. The van der Waals surface area contributed by atoms with Crippen LogP contribution in [0.3, 0.4) is 0 Å². The second-order valence-corrected chi connectivity index (χ2v) is 3.67. The number of aromatic nitrogens is 2. The minimum Gasteiger partial charge on any atom is -0.481 e. The first-order valence-corrected chi connectivity index (χ1v) is 4.42. The molecule has 0 bridgehead atoms. The lowest BCUT2D eigenvalue weighted by Crippen LogP contribution is -2.37. The highest BCUT2D eigenvalue weighted by atomic mass is 16.5. The molecule has 0 radical (unpaired) electrons. The van der Waals surface area contributed by atoms with Gasteiger partial charge in [0.25, 0.3) is 0 Å². The summed E-state index contributed by atoms with van der Waals surface area (Å²) in [6.45, 7) is 3.45. The fourth-order valence-electron chi connectivity index (χ4n) is 1.61. The molecule has 5 heteroatoms. The molecule has 0 aliphatic carbocycles. The van der Waals surface area contributed by atoms with E-state index in [0.717, 1.165) is 11.3 Å². The lowest BCUT2D eigenvalue weighted by Gasteiger charge is -2.22. The van der Waals surface area contributed by atoms with Crippen molar-refractivity contribution in [2.45, 2.75) is 19.4 Å². The molecule has 0 aliphatic rings. The van der Waals surface area contributed by atoms with Gasteiger partial charge in [-0.1, -0.05) is 0 Å². The highest BCUT2D eigenvalue weighted by Crippen LogP contribution is 2.30. The average Bonchev–Trinajstić information content (AvgIpc) is 2.40. The molecular weight excluding hydrogens is 182 g/mol. The highest BCUT2D eigenvalue weighted by molar-refractivity contribution is 5.37. The quantitative estimate of drug-likeness (QED) is 0.713.